The molecule has 110 valence electrons. The van der Waals surface area contributed by atoms with E-state index < -0.39 is 10.0 Å². The van der Waals surface area contributed by atoms with Gasteiger partial charge in [0.05, 0.1) is 5.69 Å². The van der Waals surface area contributed by atoms with Gasteiger partial charge in [-0.1, -0.05) is 32.0 Å². The van der Waals surface area contributed by atoms with Crippen molar-refractivity contribution in [2.24, 2.45) is 11.1 Å². The third kappa shape index (κ3) is 3.53. The summed E-state index contributed by atoms with van der Waals surface area (Å²) in [5.41, 5.74) is 5.92. The van der Waals surface area contributed by atoms with Crippen LogP contribution in [-0.4, -0.2) is 24.9 Å². The Bertz CT molecular complexity index is 591. The number of nitrogens with zero attached hydrogens (tertiary/aromatic N) is 1. The number of nitrogens with two attached hydrogens (primary N) is 1. The second kappa shape index (κ2) is 5.75. The van der Waals surface area contributed by atoms with Crippen molar-refractivity contribution in [3.05, 3.63) is 24.0 Å². The minimum Gasteiger partial charge on any atom is -0.388 e. The highest BCUT2D eigenvalue weighted by Crippen LogP contribution is 2.36. The number of hydrogen-bond acceptors (Lipinski definition) is 4. The number of aromatic nitrogens is 1. The van der Waals surface area contributed by atoms with Crippen LogP contribution >= 0.6 is 12.2 Å². The van der Waals surface area contributed by atoms with E-state index in [1.54, 1.807) is 0 Å². The Balaban J connectivity index is 2.08. The summed E-state index contributed by atoms with van der Waals surface area (Å²) in [7, 11) is -3.52. The number of nitrogens with one attached hydrogen (secondary N) is 1. The van der Waals surface area contributed by atoms with E-state index >= 15 is 0 Å². The average molecular weight is 313 g/mol. The zero-order valence-electron chi connectivity index (χ0n) is 11.4. The van der Waals surface area contributed by atoms with Crippen molar-refractivity contribution < 1.29 is 8.42 Å². The van der Waals surface area contributed by atoms with Crippen LogP contribution in [0.5, 0.6) is 0 Å². The molecule has 1 fully saturated rings. The maximum Gasteiger partial charge on any atom is 0.242 e. The molecule has 20 heavy (non-hydrogen) atoms. The molecule has 0 aliphatic heterocycles. The molecular weight excluding hydrogens is 294 g/mol. The molecule has 2 rings (SSSR count). The van der Waals surface area contributed by atoms with E-state index in [0.29, 0.717) is 12.2 Å². The predicted molar refractivity (Wildman–Crippen MR) is 81.9 cm³/mol. The van der Waals surface area contributed by atoms with Crippen molar-refractivity contribution in [1.29, 1.82) is 0 Å². The fraction of sp³-hybridized carbons (Fsp3) is 0.538. The van der Waals surface area contributed by atoms with Crippen molar-refractivity contribution in [2.75, 3.05) is 6.54 Å². The maximum atomic E-state index is 12.2. The predicted octanol–water partition coefficient (Wildman–Crippen LogP) is 1.57. The number of hydrogen-bond donors (Lipinski definition) is 2. The fourth-order valence-corrected chi connectivity index (χ4v) is 3.71. The molecule has 0 radical (unpaired) electrons. The maximum absolute atomic E-state index is 12.2. The number of sulfonamides is 1. The van der Waals surface area contributed by atoms with Crippen molar-refractivity contribution >= 4 is 27.2 Å². The topological polar surface area (TPSA) is 85.1 Å². The van der Waals surface area contributed by atoms with Gasteiger partial charge in [-0.25, -0.2) is 13.1 Å². The molecule has 1 aromatic heterocycles. The molecule has 5 nitrogen and oxygen atoms in total. The normalized spacial score (nSPS) is 18.1. The first-order valence-electron chi connectivity index (χ1n) is 6.58. The summed E-state index contributed by atoms with van der Waals surface area (Å²) >= 11 is 4.79. The number of rotatable bonds is 5. The highest BCUT2D eigenvalue weighted by molar-refractivity contribution is 7.89. The van der Waals surface area contributed by atoms with Gasteiger partial charge in [-0.3, -0.25) is 4.98 Å². The molecule has 0 spiro atoms. The summed E-state index contributed by atoms with van der Waals surface area (Å²) in [4.78, 5) is 4.25. The van der Waals surface area contributed by atoms with Crippen LogP contribution in [0.3, 0.4) is 0 Å². The summed E-state index contributed by atoms with van der Waals surface area (Å²) in [6.07, 6.45) is 5.75. The van der Waals surface area contributed by atoms with Gasteiger partial charge in [0, 0.05) is 12.7 Å². The zero-order valence-corrected chi connectivity index (χ0v) is 13.1. The lowest BCUT2D eigenvalue weighted by molar-refractivity contribution is 0.336. The first-order chi connectivity index (χ1) is 9.32. The Morgan fingerprint density at radius 2 is 2.10 bits per heavy atom. The summed E-state index contributed by atoms with van der Waals surface area (Å²) in [6, 6.07) is 3.00. The first kappa shape index (κ1) is 15.3. The largest absolute Gasteiger partial charge is 0.388 e. The van der Waals surface area contributed by atoms with Gasteiger partial charge >= 0.3 is 0 Å². The van der Waals surface area contributed by atoms with Crippen LogP contribution in [0, 0.1) is 5.41 Å². The Hall–Kier alpha value is -1.05. The molecule has 0 saturated heterocycles. The molecule has 1 aliphatic carbocycles. The van der Waals surface area contributed by atoms with Crippen LogP contribution in [0.25, 0.3) is 0 Å². The Morgan fingerprint density at radius 1 is 1.45 bits per heavy atom. The van der Waals surface area contributed by atoms with E-state index in [-0.39, 0.29) is 15.3 Å². The number of pyridine rings is 1. The monoisotopic (exact) mass is 313 g/mol. The zero-order chi connectivity index (χ0) is 14.8. The molecule has 0 unspecified atom stereocenters. The smallest absolute Gasteiger partial charge is 0.242 e. The minimum atomic E-state index is -3.52. The van der Waals surface area contributed by atoms with Crippen molar-refractivity contribution in [3.8, 4) is 0 Å². The lowest BCUT2D eigenvalue weighted by Crippen LogP contribution is -2.34. The van der Waals surface area contributed by atoms with Gasteiger partial charge < -0.3 is 5.73 Å². The second-order valence-corrected chi connectivity index (χ2v) is 7.79. The van der Waals surface area contributed by atoms with E-state index in [4.69, 9.17) is 18.0 Å². The Morgan fingerprint density at radius 3 is 2.60 bits per heavy atom. The molecule has 0 aromatic carbocycles. The van der Waals surface area contributed by atoms with Crippen molar-refractivity contribution in [2.45, 2.75) is 37.5 Å². The molecule has 3 N–H and O–H groups in total. The minimum absolute atomic E-state index is 0.0687. The molecule has 1 saturated carbocycles. The molecule has 0 bridgehead atoms. The molecule has 1 aliphatic rings. The van der Waals surface area contributed by atoms with Crippen molar-refractivity contribution in [1.82, 2.24) is 9.71 Å². The average Bonchev–Trinajstić information content (AvgIpc) is 2.84. The fourth-order valence-electron chi connectivity index (χ4n) is 2.44. The Labute approximate surface area is 125 Å². The van der Waals surface area contributed by atoms with Gasteiger partial charge in [-0.2, -0.15) is 0 Å². The van der Waals surface area contributed by atoms with E-state index in [0.717, 1.165) is 12.8 Å². The summed E-state index contributed by atoms with van der Waals surface area (Å²) < 4.78 is 27.1. The highest BCUT2D eigenvalue weighted by atomic mass is 32.2. The van der Waals surface area contributed by atoms with Crippen LogP contribution in [-0.2, 0) is 10.0 Å². The molecule has 0 amide bonds. The van der Waals surface area contributed by atoms with E-state index in [1.807, 2.05) is 0 Å². The Kier molecular flexibility index (Phi) is 4.41. The van der Waals surface area contributed by atoms with Gasteiger partial charge in [-0.05, 0) is 30.4 Å². The molecule has 1 aromatic rings. The molecule has 7 heteroatoms. The SMILES string of the molecule is CC1(CNS(=O)(=O)c2ccc(C(N)=S)nc2)CCCC1. The van der Waals surface area contributed by atoms with Gasteiger partial charge in [0.1, 0.15) is 9.88 Å². The summed E-state index contributed by atoms with van der Waals surface area (Å²) in [6.45, 7) is 2.59. The third-order valence-corrected chi connectivity index (χ3v) is 5.39. The highest BCUT2D eigenvalue weighted by Gasteiger charge is 2.30. The summed E-state index contributed by atoms with van der Waals surface area (Å²) in [5, 5.41) is 0. The lowest BCUT2D eigenvalue weighted by atomic mass is 9.89. The van der Waals surface area contributed by atoms with E-state index in [2.05, 4.69) is 16.6 Å². The van der Waals surface area contributed by atoms with Crippen LogP contribution in [0.1, 0.15) is 38.3 Å². The van der Waals surface area contributed by atoms with Gasteiger partial charge in [-0.15, -0.1) is 0 Å². The van der Waals surface area contributed by atoms with Crippen LogP contribution in [0.4, 0.5) is 0 Å². The molecular formula is C13H19N3O2S2. The van der Waals surface area contributed by atoms with Crippen LogP contribution in [0.2, 0.25) is 0 Å². The molecule has 1 heterocycles. The van der Waals surface area contributed by atoms with Gasteiger partial charge in [0.25, 0.3) is 0 Å². The van der Waals surface area contributed by atoms with E-state index in [1.165, 1.54) is 31.2 Å². The third-order valence-electron chi connectivity index (χ3n) is 3.80. The quantitative estimate of drug-likeness (QED) is 0.806. The van der Waals surface area contributed by atoms with E-state index in [9.17, 15) is 8.42 Å². The van der Waals surface area contributed by atoms with Crippen molar-refractivity contribution in [3.63, 3.8) is 0 Å². The van der Waals surface area contributed by atoms with Gasteiger partial charge in [0.15, 0.2) is 0 Å². The first-order valence-corrected chi connectivity index (χ1v) is 8.47. The number of thiocarbonyl (C=S) groups is 1. The van der Waals surface area contributed by atoms with Crippen LogP contribution in [0.15, 0.2) is 23.2 Å². The molecule has 0 atom stereocenters. The second-order valence-electron chi connectivity index (χ2n) is 5.59. The van der Waals surface area contributed by atoms with Gasteiger partial charge in [0.2, 0.25) is 10.0 Å². The standard InChI is InChI=1S/C13H19N3O2S2/c1-13(6-2-3-7-13)9-16-20(17,18)10-4-5-11(12(14)19)15-8-10/h4-5,8,16H,2-3,6-7,9H2,1H3,(H2,14,19). The van der Waals surface area contributed by atoms with Crippen LogP contribution < -0.4 is 10.5 Å². The lowest BCUT2D eigenvalue weighted by Gasteiger charge is -2.23. The summed E-state index contributed by atoms with van der Waals surface area (Å²) in [5.74, 6) is 0.